The maximum absolute atomic E-state index is 13.3. The van der Waals surface area contributed by atoms with Crippen LogP contribution in [0.25, 0.3) is 0 Å². The van der Waals surface area contributed by atoms with Gasteiger partial charge < -0.3 is 14.4 Å². The van der Waals surface area contributed by atoms with Crippen molar-refractivity contribution in [2.24, 2.45) is 4.99 Å². The van der Waals surface area contributed by atoms with Crippen LogP contribution in [0.1, 0.15) is 41.3 Å². The van der Waals surface area contributed by atoms with Gasteiger partial charge in [-0.2, -0.15) is 0 Å². The Balaban J connectivity index is 1.69. The van der Waals surface area contributed by atoms with E-state index in [1.54, 1.807) is 13.2 Å². The first-order valence-electron chi connectivity index (χ1n) is 9.48. The lowest BCUT2D eigenvalue weighted by Crippen LogP contribution is -2.44. The predicted molar refractivity (Wildman–Crippen MR) is 105 cm³/mol. The van der Waals surface area contributed by atoms with E-state index < -0.39 is 0 Å². The number of benzene rings is 2. The third-order valence-electron chi connectivity index (χ3n) is 5.20. The van der Waals surface area contributed by atoms with Crippen molar-refractivity contribution in [3.63, 3.8) is 0 Å². The minimum atomic E-state index is -0.0322. The van der Waals surface area contributed by atoms with E-state index >= 15 is 0 Å². The molecule has 0 saturated heterocycles. The van der Waals surface area contributed by atoms with E-state index in [0.29, 0.717) is 35.9 Å². The molecular formula is C22H24N2O3. The summed E-state index contributed by atoms with van der Waals surface area (Å²) in [7, 11) is 1.60. The summed E-state index contributed by atoms with van der Waals surface area (Å²) < 4.78 is 11.3. The Kier molecular flexibility index (Phi) is 4.84. The first-order valence-corrected chi connectivity index (χ1v) is 9.48. The fourth-order valence-electron chi connectivity index (χ4n) is 3.65. The van der Waals surface area contributed by atoms with Gasteiger partial charge in [0.25, 0.3) is 5.91 Å². The number of carbonyl (C=O) groups is 1. The molecule has 1 atom stereocenters. The molecule has 0 saturated carbocycles. The van der Waals surface area contributed by atoms with E-state index in [2.05, 4.69) is 24.0 Å². The van der Waals surface area contributed by atoms with E-state index in [0.717, 1.165) is 19.3 Å². The molecule has 2 aromatic carbocycles. The van der Waals surface area contributed by atoms with E-state index in [9.17, 15) is 4.79 Å². The van der Waals surface area contributed by atoms with Gasteiger partial charge in [0.1, 0.15) is 0 Å². The molecule has 1 amide bonds. The number of ether oxygens (including phenoxy) is 2. The average Bonchev–Trinajstić information content (AvgIpc) is 2.83. The van der Waals surface area contributed by atoms with Gasteiger partial charge in [0.15, 0.2) is 11.5 Å². The van der Waals surface area contributed by atoms with Gasteiger partial charge in [-0.25, -0.2) is 0 Å². The molecule has 2 aromatic rings. The molecule has 2 aliphatic rings. The van der Waals surface area contributed by atoms with E-state index in [1.165, 1.54) is 11.1 Å². The normalized spacial score (nSPS) is 17.6. The molecule has 0 aliphatic carbocycles. The second kappa shape index (κ2) is 7.43. The number of rotatable bonds is 5. The Labute approximate surface area is 159 Å². The van der Waals surface area contributed by atoms with Gasteiger partial charge in [0.05, 0.1) is 31.0 Å². The first kappa shape index (κ1) is 17.6. The maximum Gasteiger partial charge on any atom is 0.257 e. The summed E-state index contributed by atoms with van der Waals surface area (Å²) in [6, 6.07) is 11.8. The predicted octanol–water partition coefficient (Wildman–Crippen LogP) is 4.16. The minimum absolute atomic E-state index is 0.0135. The Morgan fingerprint density at radius 3 is 2.78 bits per heavy atom. The van der Waals surface area contributed by atoms with Gasteiger partial charge >= 0.3 is 0 Å². The summed E-state index contributed by atoms with van der Waals surface area (Å²) in [5.74, 6) is 1.20. The summed E-state index contributed by atoms with van der Waals surface area (Å²) in [4.78, 5) is 19.8. The Morgan fingerprint density at radius 1 is 1.19 bits per heavy atom. The topological polar surface area (TPSA) is 51.1 Å². The van der Waals surface area contributed by atoms with E-state index in [1.807, 2.05) is 29.3 Å². The Morgan fingerprint density at radius 2 is 2.00 bits per heavy atom. The number of hydrogen-bond donors (Lipinski definition) is 0. The molecule has 0 radical (unpaired) electrons. The summed E-state index contributed by atoms with van der Waals surface area (Å²) in [5, 5.41) is 0. The molecule has 0 N–H and O–H groups in total. The Bertz CT molecular complexity index is 891. The maximum atomic E-state index is 13.3. The lowest BCUT2D eigenvalue weighted by molar-refractivity contribution is 0.0703. The largest absolute Gasteiger partial charge is 0.493 e. The van der Waals surface area contributed by atoms with Gasteiger partial charge in [-0.3, -0.25) is 9.79 Å². The van der Waals surface area contributed by atoms with Crippen LogP contribution in [0, 0.1) is 0 Å². The zero-order chi connectivity index (χ0) is 18.8. The molecule has 4 rings (SSSR count). The van der Waals surface area contributed by atoms with Crippen molar-refractivity contribution < 1.29 is 14.3 Å². The molecule has 2 aliphatic heterocycles. The van der Waals surface area contributed by atoms with Crippen molar-refractivity contribution >= 4 is 17.8 Å². The SMILES string of the molecule is CCCCOc1cc2c(cc1OC)C(=O)N1Cc3ccccc3C[C@H]1C=N2. The van der Waals surface area contributed by atoms with E-state index in [-0.39, 0.29) is 11.9 Å². The second-order valence-electron chi connectivity index (χ2n) is 6.97. The summed E-state index contributed by atoms with van der Waals surface area (Å²) in [6.45, 7) is 3.34. The number of methoxy groups -OCH3 is 1. The van der Waals surface area contributed by atoms with Crippen molar-refractivity contribution in [1.82, 2.24) is 4.90 Å². The van der Waals surface area contributed by atoms with Crippen LogP contribution in [-0.4, -0.2) is 36.8 Å². The molecule has 0 spiro atoms. The monoisotopic (exact) mass is 364 g/mol. The van der Waals surface area contributed by atoms with Crippen LogP contribution in [0.15, 0.2) is 41.4 Å². The molecule has 0 unspecified atom stereocenters. The standard InChI is InChI=1S/C22H24N2O3/c1-3-4-9-27-21-12-19-18(11-20(21)26-2)22(25)24-14-16-8-6-5-7-15(16)10-17(24)13-23-19/h5-8,11-13,17H,3-4,9-10,14H2,1-2H3/t17-/m0/s1. The zero-order valence-electron chi connectivity index (χ0n) is 15.8. The van der Waals surface area contributed by atoms with Crippen molar-refractivity contribution in [2.45, 2.75) is 38.8 Å². The summed E-state index contributed by atoms with van der Waals surface area (Å²) in [5.41, 5.74) is 3.69. The highest BCUT2D eigenvalue weighted by molar-refractivity contribution is 6.03. The zero-order valence-corrected chi connectivity index (χ0v) is 15.8. The van der Waals surface area contributed by atoms with Crippen molar-refractivity contribution in [1.29, 1.82) is 0 Å². The Hall–Kier alpha value is -2.82. The molecule has 27 heavy (non-hydrogen) atoms. The highest BCUT2D eigenvalue weighted by atomic mass is 16.5. The number of hydrogen-bond acceptors (Lipinski definition) is 4. The van der Waals surface area contributed by atoms with Gasteiger partial charge in [-0.05, 0) is 30.0 Å². The molecule has 140 valence electrons. The van der Waals surface area contributed by atoms with Crippen LogP contribution >= 0.6 is 0 Å². The molecule has 5 heteroatoms. The molecule has 0 aromatic heterocycles. The van der Waals surface area contributed by atoms with Crippen molar-refractivity contribution in [3.8, 4) is 11.5 Å². The molecule has 0 bridgehead atoms. The van der Waals surface area contributed by atoms with Crippen LogP contribution in [0.5, 0.6) is 11.5 Å². The van der Waals surface area contributed by atoms with Gasteiger partial charge in [-0.15, -0.1) is 0 Å². The summed E-state index contributed by atoms with van der Waals surface area (Å²) in [6.07, 6.45) is 4.70. The first-order chi connectivity index (χ1) is 13.2. The highest BCUT2D eigenvalue weighted by Crippen LogP contribution is 2.38. The fourth-order valence-corrected chi connectivity index (χ4v) is 3.65. The summed E-state index contributed by atoms with van der Waals surface area (Å²) >= 11 is 0. The van der Waals surface area contributed by atoms with Gasteiger partial charge in [0, 0.05) is 18.8 Å². The lowest BCUT2D eigenvalue weighted by Gasteiger charge is -2.34. The van der Waals surface area contributed by atoms with Crippen molar-refractivity contribution in [3.05, 3.63) is 53.1 Å². The van der Waals surface area contributed by atoms with E-state index in [4.69, 9.17) is 9.47 Å². The van der Waals surface area contributed by atoms with Crippen molar-refractivity contribution in [2.75, 3.05) is 13.7 Å². The number of carbonyl (C=O) groups excluding carboxylic acids is 1. The number of unbranched alkanes of at least 4 members (excludes halogenated alkanes) is 1. The van der Waals surface area contributed by atoms with Crippen LogP contribution in [0.3, 0.4) is 0 Å². The van der Waals surface area contributed by atoms with Crippen LogP contribution in [0.4, 0.5) is 5.69 Å². The number of aliphatic imine (C=N–C) groups is 1. The second-order valence-corrected chi connectivity index (χ2v) is 6.97. The molecular weight excluding hydrogens is 340 g/mol. The molecule has 0 fully saturated rings. The average molecular weight is 364 g/mol. The third kappa shape index (κ3) is 3.29. The minimum Gasteiger partial charge on any atom is -0.493 e. The fraction of sp³-hybridized carbons (Fsp3) is 0.364. The van der Waals surface area contributed by atoms with Crippen LogP contribution in [-0.2, 0) is 13.0 Å². The van der Waals surface area contributed by atoms with Gasteiger partial charge in [0.2, 0.25) is 0 Å². The molecule has 2 heterocycles. The number of amides is 1. The molecule has 5 nitrogen and oxygen atoms in total. The third-order valence-corrected chi connectivity index (χ3v) is 5.20. The van der Waals surface area contributed by atoms with Crippen LogP contribution < -0.4 is 9.47 Å². The number of fused-ring (bicyclic) bond motifs is 3. The lowest BCUT2D eigenvalue weighted by atomic mass is 9.94. The quantitative estimate of drug-likeness (QED) is 0.749. The van der Waals surface area contributed by atoms with Crippen LogP contribution in [0.2, 0.25) is 0 Å². The smallest absolute Gasteiger partial charge is 0.257 e. The number of nitrogens with zero attached hydrogens (tertiary/aromatic N) is 2. The highest BCUT2D eigenvalue weighted by Gasteiger charge is 2.33. The van der Waals surface area contributed by atoms with Gasteiger partial charge in [-0.1, -0.05) is 37.6 Å².